The molecule has 0 atom stereocenters. The van der Waals surface area contributed by atoms with Gasteiger partial charge in [0.1, 0.15) is 5.82 Å². The van der Waals surface area contributed by atoms with E-state index in [9.17, 15) is 14.4 Å². The number of hydrogen-bond acceptors (Lipinski definition) is 7. The van der Waals surface area contributed by atoms with E-state index in [-0.39, 0.29) is 17.0 Å². The Balaban J connectivity index is 1.47. The van der Waals surface area contributed by atoms with Gasteiger partial charge in [-0.1, -0.05) is 48.9 Å². The number of benzene rings is 2. The third-order valence-corrected chi connectivity index (χ3v) is 8.21. The van der Waals surface area contributed by atoms with Crippen LogP contribution >= 0.6 is 11.8 Å². The standard InChI is InChI=1S/C26H28N4O4S/c1-34-24(33)26(12-5-13-26)18-8-10-19(11-9-18)27-21-16-20(17-6-3-2-4-7-17)28-25(29-21)30-14-15-35-23(32)22(30)31/h2-4,6-11,16H,5,12-15H2,1H3,35H4,(H,27,28,29). The van der Waals surface area contributed by atoms with Crippen LogP contribution in [0.25, 0.3) is 11.3 Å². The van der Waals surface area contributed by atoms with Crippen molar-refractivity contribution in [1.82, 2.24) is 9.97 Å². The average Bonchev–Trinajstić information content (AvgIpc) is 2.86. The maximum atomic E-state index is 12.6. The predicted molar refractivity (Wildman–Crippen MR) is 140 cm³/mol. The molecule has 35 heavy (non-hydrogen) atoms. The lowest BCUT2D eigenvalue weighted by molar-refractivity contribution is -0.151. The Morgan fingerprint density at radius 2 is 1.80 bits per heavy atom. The monoisotopic (exact) mass is 492 g/mol. The van der Waals surface area contributed by atoms with E-state index >= 15 is 0 Å². The van der Waals surface area contributed by atoms with Crippen molar-refractivity contribution in [1.29, 1.82) is 0 Å². The topological polar surface area (TPSA) is 101 Å². The van der Waals surface area contributed by atoms with Gasteiger partial charge in [-0.05, 0) is 36.3 Å². The van der Waals surface area contributed by atoms with Crippen molar-refractivity contribution >= 4 is 46.2 Å². The second-order valence-electron chi connectivity index (χ2n) is 8.92. The van der Waals surface area contributed by atoms with E-state index in [0.29, 0.717) is 18.1 Å². The molecule has 0 bridgehead atoms. The maximum absolute atomic E-state index is 12.6. The molecule has 2 aliphatic rings. The van der Waals surface area contributed by atoms with Gasteiger partial charge in [-0.2, -0.15) is 4.98 Å². The van der Waals surface area contributed by atoms with Crippen LogP contribution in [0.3, 0.4) is 0 Å². The van der Waals surface area contributed by atoms with Crippen LogP contribution in [-0.2, 0) is 24.5 Å². The zero-order valence-corrected chi connectivity index (χ0v) is 20.9. The number of nitrogens with zero attached hydrogens (tertiary/aromatic N) is 3. The van der Waals surface area contributed by atoms with Gasteiger partial charge in [0.15, 0.2) is 0 Å². The van der Waals surface area contributed by atoms with Gasteiger partial charge >= 0.3 is 11.9 Å². The van der Waals surface area contributed by atoms with E-state index in [1.807, 2.05) is 60.7 Å². The summed E-state index contributed by atoms with van der Waals surface area (Å²) in [5, 5.41) is 3.01. The molecule has 8 nitrogen and oxygen atoms in total. The molecule has 5 rings (SSSR count). The molecule has 182 valence electrons. The van der Waals surface area contributed by atoms with Crippen LogP contribution in [-0.4, -0.2) is 46.4 Å². The van der Waals surface area contributed by atoms with Gasteiger partial charge in [-0.3, -0.25) is 19.3 Å². The molecule has 3 aromatic rings. The lowest BCUT2D eigenvalue weighted by Crippen LogP contribution is -2.43. The van der Waals surface area contributed by atoms with Gasteiger partial charge in [0.05, 0.1) is 18.2 Å². The fraction of sp³-hybridized carbons (Fsp3) is 0.269. The summed E-state index contributed by atoms with van der Waals surface area (Å²) >= 11 is -1.02. The summed E-state index contributed by atoms with van der Waals surface area (Å²) in [6, 6.07) is 19.1. The Bertz CT molecular complexity index is 1280. The Labute approximate surface area is 207 Å². The molecular weight excluding hydrogens is 464 g/mol. The molecular formula is C26H28N4O4S. The minimum atomic E-state index is -1.02. The Morgan fingerprint density at radius 1 is 1.06 bits per heavy atom. The van der Waals surface area contributed by atoms with E-state index in [2.05, 4.69) is 15.3 Å². The van der Waals surface area contributed by atoms with Crippen LogP contribution in [0.5, 0.6) is 0 Å². The van der Waals surface area contributed by atoms with Gasteiger partial charge in [0.25, 0.3) is 0 Å². The number of ether oxygens (including phenoxy) is 1. The summed E-state index contributed by atoms with van der Waals surface area (Å²) in [5.41, 5.74) is 2.70. The summed E-state index contributed by atoms with van der Waals surface area (Å²) in [6.45, 7) is 0.457. The fourth-order valence-electron chi connectivity index (χ4n) is 4.68. The van der Waals surface area contributed by atoms with Gasteiger partial charge in [-0.25, -0.2) is 16.7 Å². The van der Waals surface area contributed by atoms with Crippen LogP contribution in [0.15, 0.2) is 60.7 Å². The number of aromatic nitrogens is 2. The van der Waals surface area contributed by atoms with Crippen LogP contribution in [0.1, 0.15) is 24.8 Å². The highest BCUT2D eigenvalue weighted by atomic mass is 32.2. The van der Waals surface area contributed by atoms with Gasteiger partial charge in [0.2, 0.25) is 11.1 Å². The molecule has 1 amide bonds. The molecule has 0 unspecified atom stereocenters. The number of anilines is 3. The van der Waals surface area contributed by atoms with Crippen LogP contribution < -0.4 is 10.2 Å². The molecule has 2 fully saturated rings. The summed E-state index contributed by atoms with van der Waals surface area (Å²) < 4.78 is 5.05. The number of carbonyl (C=O) groups is 3. The number of nitrogens with one attached hydrogen (secondary N) is 1. The first kappa shape index (κ1) is 23.0. The highest BCUT2D eigenvalue weighted by Crippen LogP contribution is 2.45. The smallest absolute Gasteiger partial charge is 0.316 e. The average molecular weight is 493 g/mol. The van der Waals surface area contributed by atoms with Crippen molar-refractivity contribution in [3.63, 3.8) is 0 Å². The van der Waals surface area contributed by atoms with Gasteiger partial charge < -0.3 is 10.1 Å². The highest BCUT2D eigenvalue weighted by Gasteiger charge is 2.46. The number of rotatable bonds is 6. The second-order valence-corrected chi connectivity index (χ2v) is 10.8. The Kier molecular flexibility index (Phi) is 6.25. The second kappa shape index (κ2) is 9.50. The molecule has 1 aliphatic heterocycles. The maximum Gasteiger partial charge on any atom is 0.316 e. The minimum Gasteiger partial charge on any atom is -0.468 e. The molecule has 1 saturated heterocycles. The molecule has 2 aromatic carbocycles. The number of hydrogen-bond donors (Lipinski definition) is 1. The predicted octanol–water partition coefficient (Wildman–Crippen LogP) is 3.02. The molecule has 0 radical (unpaired) electrons. The van der Waals surface area contributed by atoms with Crippen LogP contribution in [0.4, 0.5) is 17.5 Å². The normalized spacial score (nSPS) is 17.2. The zero-order valence-electron chi connectivity index (χ0n) is 19.5. The van der Waals surface area contributed by atoms with Crippen LogP contribution in [0.2, 0.25) is 0 Å². The summed E-state index contributed by atoms with van der Waals surface area (Å²) in [5.74, 6) is 0.737. The van der Waals surface area contributed by atoms with E-state index in [1.165, 1.54) is 12.0 Å². The lowest BCUT2D eigenvalue weighted by atomic mass is 9.64. The molecule has 1 aliphatic carbocycles. The molecule has 2 heterocycles. The fourth-order valence-corrected chi connectivity index (χ4v) is 5.88. The third kappa shape index (κ3) is 4.39. The number of methoxy groups -OCH3 is 1. The highest BCUT2D eigenvalue weighted by molar-refractivity contribution is 8.15. The van der Waals surface area contributed by atoms with Crippen molar-refractivity contribution in [3.05, 3.63) is 66.2 Å². The zero-order chi connectivity index (χ0) is 24.4. The minimum absolute atomic E-state index is 0.193. The molecule has 1 N–H and O–H groups in total. The summed E-state index contributed by atoms with van der Waals surface area (Å²) in [6.07, 6.45) is 2.57. The van der Waals surface area contributed by atoms with E-state index < -0.39 is 23.1 Å². The first-order chi connectivity index (χ1) is 17.0. The summed E-state index contributed by atoms with van der Waals surface area (Å²) in [4.78, 5) is 47.6. The van der Waals surface area contributed by atoms with Crippen molar-refractivity contribution in [2.45, 2.75) is 24.7 Å². The first-order valence-electron chi connectivity index (χ1n) is 11.8. The number of carbonyl (C=O) groups excluding carboxylic acids is 3. The third-order valence-electron chi connectivity index (χ3n) is 6.79. The van der Waals surface area contributed by atoms with E-state index in [1.54, 1.807) is 0 Å². The van der Waals surface area contributed by atoms with E-state index in [0.717, 1.165) is 41.8 Å². The van der Waals surface area contributed by atoms with Crippen molar-refractivity contribution in [2.75, 3.05) is 29.6 Å². The van der Waals surface area contributed by atoms with E-state index in [4.69, 9.17) is 4.74 Å². The molecule has 1 saturated carbocycles. The van der Waals surface area contributed by atoms with Gasteiger partial charge in [-0.15, -0.1) is 0 Å². The molecule has 0 spiro atoms. The Morgan fingerprint density at radius 3 is 2.46 bits per heavy atom. The molecule has 9 heteroatoms. The van der Waals surface area contributed by atoms with Gasteiger partial charge in [0, 0.05) is 23.9 Å². The lowest BCUT2D eigenvalue weighted by Gasteiger charge is -2.39. The summed E-state index contributed by atoms with van der Waals surface area (Å²) in [7, 11) is 1.43. The van der Waals surface area contributed by atoms with Crippen LogP contribution in [0, 0.1) is 0 Å². The van der Waals surface area contributed by atoms with Crippen molar-refractivity contribution < 1.29 is 19.1 Å². The SMILES string of the molecule is COC(=O)C1(c2ccc(Nc3cc(-c4ccccc4)nc(N4CC[SH4]C(=O)C4=O)n3)cc2)CCC1. The first-order valence-corrected chi connectivity index (χ1v) is 13.5. The largest absolute Gasteiger partial charge is 0.468 e. The quantitative estimate of drug-likeness (QED) is 0.417. The van der Waals surface area contributed by atoms with Crippen molar-refractivity contribution in [2.24, 2.45) is 0 Å². The number of esters is 1. The number of amides is 1. The van der Waals surface area contributed by atoms with Crippen molar-refractivity contribution in [3.8, 4) is 11.3 Å². The Hall–Kier alpha value is -3.72. The molecule has 1 aromatic heterocycles.